The largest absolute Gasteiger partial charge is 0.508 e. The van der Waals surface area contributed by atoms with E-state index in [4.69, 9.17) is 10.3 Å². The summed E-state index contributed by atoms with van der Waals surface area (Å²) in [5, 5.41) is 51.7. The summed E-state index contributed by atoms with van der Waals surface area (Å²) >= 11 is 0. The minimum absolute atomic E-state index is 0.0195. The van der Waals surface area contributed by atoms with Gasteiger partial charge in [0.05, 0.1) is 17.8 Å². The summed E-state index contributed by atoms with van der Waals surface area (Å²) in [4.78, 5) is 55.0. The Hall–Kier alpha value is -4.69. The maximum Gasteiger partial charge on any atom is 0.290 e. The van der Waals surface area contributed by atoms with Crippen molar-refractivity contribution in [2.24, 2.45) is 17.6 Å². The minimum atomic E-state index is -2.73. The van der Waals surface area contributed by atoms with Crippen LogP contribution in [0.15, 0.2) is 39.8 Å². The second-order valence-electron chi connectivity index (χ2n) is 11.2. The average molecular weight is 582 g/mol. The number of aromatic nitrogens is 1. The van der Waals surface area contributed by atoms with E-state index in [0.29, 0.717) is 11.3 Å². The van der Waals surface area contributed by atoms with Gasteiger partial charge in [-0.2, -0.15) is 0 Å². The van der Waals surface area contributed by atoms with Crippen molar-refractivity contribution in [2.75, 3.05) is 33.1 Å². The monoisotopic (exact) mass is 581 g/mol. The lowest BCUT2D eigenvalue weighted by atomic mass is 9.57. The standard InChI is InChI=1S/C28H31N5O9/c1-32(2)15-9-12(10-30-27(40)16-5-6-31-42-16)21(34)18-13(15)7-11-8-14-20(33(3)4)23(36)19(26(29)39)25(38)28(14,41)24(37)17(11)22(18)35/h5-6,9,11,14,20,34-35,38,41H,7-8,10H2,1-4H3,(H2,29,39)(H,30,40)/t11-,14-,20?,28-/m1/s1. The highest BCUT2D eigenvalue weighted by atomic mass is 16.5. The van der Waals surface area contributed by atoms with Gasteiger partial charge in [-0.1, -0.05) is 5.16 Å². The zero-order chi connectivity index (χ0) is 30.8. The molecule has 1 fully saturated rings. The van der Waals surface area contributed by atoms with E-state index in [-0.39, 0.29) is 41.8 Å². The first kappa shape index (κ1) is 28.8. The molecule has 1 heterocycles. The molecule has 2 aromatic rings. The van der Waals surface area contributed by atoms with E-state index >= 15 is 0 Å². The van der Waals surface area contributed by atoms with E-state index in [1.54, 1.807) is 39.2 Å². The molecule has 1 aromatic carbocycles. The molecule has 0 radical (unpaired) electrons. The van der Waals surface area contributed by atoms with Crippen LogP contribution >= 0.6 is 0 Å². The maximum atomic E-state index is 14.0. The highest BCUT2D eigenvalue weighted by Gasteiger charge is 2.64. The third-order valence-electron chi connectivity index (χ3n) is 8.36. The number of benzene rings is 1. The second-order valence-corrected chi connectivity index (χ2v) is 11.2. The van der Waals surface area contributed by atoms with Crippen molar-refractivity contribution in [3.05, 3.63) is 57.7 Å². The predicted octanol–water partition coefficient (Wildman–Crippen LogP) is -0.0520. The number of anilines is 1. The first-order valence-corrected chi connectivity index (χ1v) is 13.1. The van der Waals surface area contributed by atoms with Gasteiger partial charge < -0.3 is 40.9 Å². The van der Waals surface area contributed by atoms with E-state index in [9.17, 15) is 39.6 Å². The molecule has 2 amide bonds. The van der Waals surface area contributed by atoms with Gasteiger partial charge >= 0.3 is 0 Å². The zero-order valence-electron chi connectivity index (χ0n) is 23.3. The fourth-order valence-electron chi connectivity index (χ4n) is 6.48. The summed E-state index contributed by atoms with van der Waals surface area (Å²) < 4.78 is 4.85. The van der Waals surface area contributed by atoms with Crippen LogP contribution in [0.25, 0.3) is 5.76 Å². The van der Waals surface area contributed by atoms with Crippen LogP contribution in [-0.2, 0) is 27.3 Å². The maximum absolute atomic E-state index is 14.0. The molecule has 14 heteroatoms. The van der Waals surface area contributed by atoms with Crippen LogP contribution < -0.4 is 16.0 Å². The van der Waals surface area contributed by atoms with E-state index < -0.39 is 69.7 Å². The number of hydrogen-bond acceptors (Lipinski definition) is 12. The number of nitrogens with two attached hydrogens (primary N) is 1. The molecule has 1 saturated carbocycles. The number of ketones is 2. The number of carbonyl (C=O) groups is 4. The van der Waals surface area contributed by atoms with Crippen molar-refractivity contribution in [3.8, 4) is 5.75 Å². The lowest BCUT2D eigenvalue weighted by Gasteiger charge is -2.50. The van der Waals surface area contributed by atoms with Crippen molar-refractivity contribution in [1.29, 1.82) is 0 Å². The van der Waals surface area contributed by atoms with Gasteiger partial charge in [-0.05, 0) is 44.5 Å². The Morgan fingerprint density at radius 1 is 1.19 bits per heavy atom. The number of Topliss-reactive ketones (excluding diaryl/α,β-unsaturated/α-hetero) is 2. The second kappa shape index (κ2) is 9.99. The van der Waals surface area contributed by atoms with Gasteiger partial charge in [0.1, 0.15) is 22.8 Å². The van der Waals surface area contributed by atoms with Gasteiger partial charge in [0.15, 0.2) is 11.4 Å². The normalized spacial score (nSPS) is 25.2. The molecule has 14 nitrogen and oxygen atoms in total. The lowest BCUT2D eigenvalue weighted by Crippen LogP contribution is -2.65. The molecule has 42 heavy (non-hydrogen) atoms. The molecule has 3 aliphatic rings. The van der Waals surface area contributed by atoms with Crippen molar-refractivity contribution in [1.82, 2.24) is 15.4 Å². The van der Waals surface area contributed by atoms with Gasteiger partial charge in [-0.3, -0.25) is 24.1 Å². The number of rotatable bonds is 6. The van der Waals surface area contributed by atoms with Crippen LogP contribution in [0, 0.1) is 11.8 Å². The summed E-state index contributed by atoms with van der Waals surface area (Å²) in [6.45, 7) is -0.177. The number of nitrogens with zero attached hydrogens (tertiary/aromatic N) is 3. The van der Waals surface area contributed by atoms with Crippen LogP contribution in [0.1, 0.15) is 33.7 Å². The number of aromatic hydroxyl groups is 1. The fraction of sp³-hybridized carbons (Fsp3) is 0.393. The van der Waals surface area contributed by atoms with E-state index in [1.165, 1.54) is 17.2 Å². The molecule has 222 valence electrons. The summed E-state index contributed by atoms with van der Waals surface area (Å²) in [7, 11) is 6.58. The van der Waals surface area contributed by atoms with Crippen molar-refractivity contribution >= 4 is 34.8 Å². The number of aliphatic hydroxyl groups is 3. The van der Waals surface area contributed by atoms with Crippen molar-refractivity contribution < 1.29 is 44.1 Å². The topological polar surface area (TPSA) is 220 Å². The van der Waals surface area contributed by atoms with Crippen molar-refractivity contribution in [2.45, 2.75) is 31.0 Å². The third kappa shape index (κ3) is 4.05. The van der Waals surface area contributed by atoms with Crippen LogP contribution in [-0.4, -0.2) is 93.7 Å². The number of fused-ring (bicyclic) bond motifs is 3. The molecule has 0 spiro atoms. The average Bonchev–Trinajstić information content (AvgIpc) is 3.45. The molecule has 7 N–H and O–H groups in total. The molecule has 1 aromatic heterocycles. The Morgan fingerprint density at radius 3 is 2.45 bits per heavy atom. The van der Waals surface area contributed by atoms with E-state index in [1.807, 2.05) is 0 Å². The predicted molar refractivity (Wildman–Crippen MR) is 146 cm³/mol. The Kier molecular flexibility index (Phi) is 6.86. The van der Waals surface area contributed by atoms with Crippen molar-refractivity contribution in [3.63, 3.8) is 0 Å². The van der Waals surface area contributed by atoms with Crippen LogP contribution in [0.5, 0.6) is 5.75 Å². The number of phenolic OH excluding ortho intramolecular Hbond substituents is 1. The third-order valence-corrected chi connectivity index (χ3v) is 8.36. The van der Waals surface area contributed by atoms with E-state index in [0.717, 1.165) is 0 Å². The Bertz CT molecular complexity index is 1590. The lowest BCUT2D eigenvalue weighted by molar-refractivity contribution is -0.153. The molecule has 1 unspecified atom stereocenters. The highest BCUT2D eigenvalue weighted by molar-refractivity contribution is 6.24. The first-order valence-electron chi connectivity index (χ1n) is 13.1. The summed E-state index contributed by atoms with van der Waals surface area (Å²) in [5.41, 5.74) is 2.74. The molecular weight excluding hydrogens is 550 g/mol. The highest BCUT2D eigenvalue weighted by Crippen LogP contribution is 2.54. The molecule has 3 aliphatic carbocycles. The van der Waals surface area contributed by atoms with Gasteiger partial charge in [0, 0.05) is 49.4 Å². The summed E-state index contributed by atoms with van der Waals surface area (Å²) in [6.07, 6.45) is 1.42. The summed E-state index contributed by atoms with van der Waals surface area (Å²) in [6, 6.07) is 1.84. The molecule has 0 bridgehead atoms. The molecular formula is C28H31N5O9. The van der Waals surface area contributed by atoms with Gasteiger partial charge in [-0.15, -0.1) is 0 Å². The Morgan fingerprint density at radius 2 is 1.88 bits per heavy atom. The number of likely N-dealkylation sites (N-methyl/N-ethyl adjacent to an activating group) is 1. The number of phenols is 1. The van der Waals surface area contributed by atoms with Crippen LogP contribution in [0.3, 0.4) is 0 Å². The SMILES string of the molecule is CN(C)c1cc(CNC(=O)c2ccno2)c(O)c2c1C[C@@H]1C[C@@H]3C(N(C)C)C(=O)C(C(N)=O)=C(O)[C@]3(O)C(=O)C1=C2O. The Labute approximate surface area is 239 Å². The fourth-order valence-corrected chi connectivity index (χ4v) is 6.48. The van der Waals surface area contributed by atoms with Crippen LogP contribution in [0.2, 0.25) is 0 Å². The molecule has 4 atom stereocenters. The summed E-state index contributed by atoms with van der Waals surface area (Å²) in [5.74, 6) is -7.90. The van der Waals surface area contributed by atoms with Gasteiger partial charge in [-0.25, -0.2) is 0 Å². The minimum Gasteiger partial charge on any atom is -0.508 e. The molecule has 5 rings (SSSR count). The number of nitrogens with one attached hydrogen (secondary N) is 1. The van der Waals surface area contributed by atoms with E-state index in [2.05, 4.69) is 10.5 Å². The number of carbonyl (C=O) groups excluding carboxylic acids is 4. The van der Waals surface area contributed by atoms with Gasteiger partial charge in [0.25, 0.3) is 11.8 Å². The number of primary amides is 1. The number of hydrogen-bond donors (Lipinski definition) is 6. The first-order chi connectivity index (χ1) is 19.7. The number of amides is 2. The van der Waals surface area contributed by atoms with Crippen LogP contribution in [0.4, 0.5) is 5.69 Å². The molecule has 0 aliphatic heterocycles. The zero-order valence-corrected chi connectivity index (χ0v) is 23.3. The van der Waals surface area contributed by atoms with Gasteiger partial charge in [0.2, 0.25) is 11.5 Å². The Balaban J connectivity index is 1.65. The molecule has 0 saturated heterocycles. The number of aliphatic hydroxyl groups excluding tert-OH is 2. The smallest absolute Gasteiger partial charge is 0.290 e. The quantitative estimate of drug-likeness (QED) is 0.247.